The van der Waals surface area contributed by atoms with Crippen LogP contribution in [0.3, 0.4) is 0 Å². The molecule has 1 aliphatic carbocycles. The van der Waals surface area contributed by atoms with Crippen molar-refractivity contribution in [3.05, 3.63) is 35.2 Å². The standard InChI is InChI=1S/C20H22ClFN4O2/c1-9-10(2)14(5-12(9)8-27)24-19-17(18(21)25-20(23)26-19)16-6-11-3-4-13(22)7-15(11)28-16/h3-4,6-7,9-10,12,14,27H,5,8H2,1-2H3,(H3,23,24,25,26)/t9-,10+,12+,14?/m0/s1. The van der Waals surface area contributed by atoms with E-state index in [9.17, 15) is 9.50 Å². The first kappa shape index (κ1) is 19.0. The molecule has 4 N–H and O–H groups in total. The lowest BCUT2D eigenvalue weighted by Crippen LogP contribution is -2.25. The highest BCUT2D eigenvalue weighted by Crippen LogP contribution is 2.41. The molecule has 0 radical (unpaired) electrons. The van der Waals surface area contributed by atoms with Gasteiger partial charge in [-0.15, -0.1) is 0 Å². The topological polar surface area (TPSA) is 97.2 Å². The van der Waals surface area contributed by atoms with Crippen LogP contribution in [0, 0.1) is 23.6 Å². The molecule has 0 saturated heterocycles. The van der Waals surface area contributed by atoms with E-state index in [1.807, 2.05) is 0 Å². The van der Waals surface area contributed by atoms with E-state index in [1.165, 1.54) is 12.1 Å². The number of nitrogens with zero attached hydrogens (tertiary/aromatic N) is 2. The van der Waals surface area contributed by atoms with Crippen molar-refractivity contribution in [2.24, 2.45) is 17.8 Å². The molecule has 4 rings (SSSR count). The number of aliphatic hydroxyl groups is 1. The van der Waals surface area contributed by atoms with Crippen LogP contribution in [0.25, 0.3) is 22.3 Å². The number of benzene rings is 1. The molecule has 4 atom stereocenters. The Labute approximate surface area is 166 Å². The summed E-state index contributed by atoms with van der Waals surface area (Å²) < 4.78 is 19.3. The molecule has 28 heavy (non-hydrogen) atoms. The lowest BCUT2D eigenvalue weighted by molar-refractivity contribution is 0.191. The Hall–Kier alpha value is -2.38. The summed E-state index contributed by atoms with van der Waals surface area (Å²) in [4.78, 5) is 8.40. The fourth-order valence-electron chi connectivity index (χ4n) is 4.06. The van der Waals surface area contributed by atoms with E-state index in [1.54, 1.807) is 12.1 Å². The summed E-state index contributed by atoms with van der Waals surface area (Å²) in [6.07, 6.45) is 0.811. The normalized spacial score (nSPS) is 24.8. The van der Waals surface area contributed by atoms with E-state index < -0.39 is 0 Å². The molecule has 1 unspecified atom stereocenters. The molecular weight excluding hydrogens is 383 g/mol. The number of hydrogen-bond acceptors (Lipinski definition) is 6. The molecule has 1 aliphatic rings. The third-order valence-electron chi connectivity index (χ3n) is 5.93. The van der Waals surface area contributed by atoms with E-state index in [0.29, 0.717) is 34.6 Å². The van der Waals surface area contributed by atoms with Gasteiger partial charge in [-0.25, -0.2) is 9.37 Å². The highest BCUT2D eigenvalue weighted by atomic mass is 35.5. The second-order valence-corrected chi connectivity index (χ2v) is 7.89. The quantitative estimate of drug-likeness (QED) is 0.560. The molecule has 0 bridgehead atoms. The molecule has 1 aromatic carbocycles. The van der Waals surface area contributed by atoms with Gasteiger partial charge in [0.1, 0.15) is 28.1 Å². The number of nitrogens with one attached hydrogen (secondary N) is 1. The maximum absolute atomic E-state index is 13.5. The number of fused-ring (bicyclic) bond motifs is 1. The van der Waals surface area contributed by atoms with Gasteiger partial charge >= 0.3 is 0 Å². The summed E-state index contributed by atoms with van der Waals surface area (Å²) in [6.45, 7) is 4.44. The summed E-state index contributed by atoms with van der Waals surface area (Å²) in [6, 6.07) is 6.21. The van der Waals surface area contributed by atoms with Crippen LogP contribution in [-0.4, -0.2) is 27.7 Å². The molecule has 0 spiro atoms. The number of hydrogen-bond donors (Lipinski definition) is 3. The predicted molar refractivity (Wildman–Crippen MR) is 108 cm³/mol. The number of aliphatic hydroxyl groups excluding tert-OH is 1. The number of anilines is 2. The molecule has 1 fully saturated rings. The Bertz CT molecular complexity index is 1020. The van der Waals surface area contributed by atoms with Gasteiger partial charge in [0.05, 0.1) is 5.56 Å². The summed E-state index contributed by atoms with van der Waals surface area (Å²) in [5.41, 5.74) is 6.72. The van der Waals surface area contributed by atoms with Crippen molar-refractivity contribution in [2.45, 2.75) is 26.3 Å². The fourth-order valence-corrected chi connectivity index (χ4v) is 4.33. The van der Waals surface area contributed by atoms with Crippen LogP contribution < -0.4 is 11.1 Å². The highest BCUT2D eigenvalue weighted by Gasteiger charge is 2.38. The first-order chi connectivity index (χ1) is 13.4. The first-order valence-electron chi connectivity index (χ1n) is 9.27. The predicted octanol–water partition coefficient (Wildman–Crippen LogP) is 4.33. The lowest BCUT2D eigenvalue weighted by atomic mass is 9.92. The number of nitrogens with two attached hydrogens (primary N) is 1. The largest absolute Gasteiger partial charge is 0.456 e. The molecule has 0 amide bonds. The Morgan fingerprint density at radius 1 is 1.29 bits per heavy atom. The molecule has 148 valence electrons. The SMILES string of the molecule is C[C@@H]1[C@@H](CO)CC(Nc2nc(N)nc(Cl)c2-c2cc3ccc(F)cc3o2)[C@@H]1C. The van der Waals surface area contributed by atoms with Crippen LogP contribution in [0.1, 0.15) is 20.3 Å². The van der Waals surface area contributed by atoms with Gasteiger partial charge in [0.15, 0.2) is 0 Å². The zero-order valence-electron chi connectivity index (χ0n) is 15.6. The van der Waals surface area contributed by atoms with Crippen molar-refractivity contribution in [1.29, 1.82) is 0 Å². The van der Waals surface area contributed by atoms with Crippen LogP contribution in [0.2, 0.25) is 5.15 Å². The Balaban J connectivity index is 1.75. The number of furan rings is 1. The van der Waals surface area contributed by atoms with Crippen LogP contribution >= 0.6 is 11.6 Å². The summed E-state index contributed by atoms with van der Waals surface area (Å²) in [7, 11) is 0. The average Bonchev–Trinajstić information content (AvgIpc) is 3.16. The maximum Gasteiger partial charge on any atom is 0.223 e. The molecule has 1 saturated carbocycles. The van der Waals surface area contributed by atoms with E-state index >= 15 is 0 Å². The van der Waals surface area contributed by atoms with Gasteiger partial charge in [0.2, 0.25) is 5.95 Å². The molecule has 6 nitrogen and oxygen atoms in total. The van der Waals surface area contributed by atoms with Crippen molar-refractivity contribution in [2.75, 3.05) is 17.7 Å². The van der Waals surface area contributed by atoms with Gasteiger partial charge in [-0.05, 0) is 42.4 Å². The maximum atomic E-state index is 13.5. The Kier molecular flexibility index (Phi) is 4.89. The average molecular weight is 405 g/mol. The van der Waals surface area contributed by atoms with Gasteiger partial charge < -0.3 is 20.6 Å². The van der Waals surface area contributed by atoms with Gasteiger partial charge in [0.25, 0.3) is 0 Å². The number of aromatic nitrogens is 2. The Morgan fingerprint density at radius 2 is 2.07 bits per heavy atom. The van der Waals surface area contributed by atoms with Gasteiger partial charge in [-0.3, -0.25) is 0 Å². The molecule has 2 heterocycles. The molecule has 0 aliphatic heterocycles. The monoisotopic (exact) mass is 404 g/mol. The van der Waals surface area contributed by atoms with Gasteiger partial charge in [0, 0.05) is 24.1 Å². The first-order valence-corrected chi connectivity index (χ1v) is 9.65. The third-order valence-corrected chi connectivity index (χ3v) is 6.21. The smallest absolute Gasteiger partial charge is 0.223 e. The van der Waals surface area contributed by atoms with Crippen molar-refractivity contribution < 1.29 is 13.9 Å². The van der Waals surface area contributed by atoms with Gasteiger partial charge in [-0.2, -0.15) is 4.98 Å². The van der Waals surface area contributed by atoms with Crippen molar-refractivity contribution >= 4 is 34.3 Å². The Morgan fingerprint density at radius 3 is 2.79 bits per heavy atom. The molecule has 8 heteroatoms. The number of halogens is 2. The lowest BCUT2D eigenvalue weighted by Gasteiger charge is -2.21. The van der Waals surface area contributed by atoms with Gasteiger partial charge in [-0.1, -0.05) is 25.4 Å². The molecular formula is C20H22ClFN4O2. The third kappa shape index (κ3) is 3.29. The van der Waals surface area contributed by atoms with Crippen molar-refractivity contribution in [1.82, 2.24) is 9.97 Å². The molecule has 2 aromatic heterocycles. The summed E-state index contributed by atoms with van der Waals surface area (Å²) in [5.74, 6) is 1.50. The zero-order chi connectivity index (χ0) is 20.0. The summed E-state index contributed by atoms with van der Waals surface area (Å²) >= 11 is 6.39. The highest BCUT2D eigenvalue weighted by molar-refractivity contribution is 6.32. The minimum atomic E-state index is -0.379. The van der Waals surface area contributed by atoms with Crippen LogP contribution in [0.5, 0.6) is 0 Å². The van der Waals surface area contributed by atoms with E-state index in [-0.39, 0.29) is 35.5 Å². The van der Waals surface area contributed by atoms with E-state index in [0.717, 1.165) is 11.8 Å². The summed E-state index contributed by atoms with van der Waals surface area (Å²) in [5, 5.41) is 14.0. The second kappa shape index (κ2) is 7.22. The minimum Gasteiger partial charge on any atom is -0.456 e. The fraction of sp³-hybridized carbons (Fsp3) is 0.400. The molecule has 3 aromatic rings. The number of nitrogen functional groups attached to an aromatic ring is 1. The van der Waals surface area contributed by atoms with Crippen LogP contribution in [0.15, 0.2) is 28.7 Å². The van der Waals surface area contributed by atoms with E-state index in [4.69, 9.17) is 21.8 Å². The minimum absolute atomic E-state index is 0.0517. The van der Waals surface area contributed by atoms with Crippen LogP contribution in [0.4, 0.5) is 16.2 Å². The number of rotatable bonds is 4. The van der Waals surface area contributed by atoms with Crippen molar-refractivity contribution in [3.8, 4) is 11.3 Å². The van der Waals surface area contributed by atoms with Crippen LogP contribution in [-0.2, 0) is 0 Å². The second-order valence-electron chi connectivity index (χ2n) is 7.54. The van der Waals surface area contributed by atoms with E-state index in [2.05, 4.69) is 29.1 Å². The van der Waals surface area contributed by atoms with Crippen molar-refractivity contribution in [3.63, 3.8) is 0 Å². The zero-order valence-corrected chi connectivity index (χ0v) is 16.4.